The van der Waals surface area contributed by atoms with Gasteiger partial charge in [-0.1, -0.05) is 55.8 Å². The minimum atomic E-state index is -0.774. The second-order valence-corrected chi connectivity index (χ2v) is 11.2. The minimum Gasteiger partial charge on any atom is -0.355 e. The normalized spacial score (nSPS) is 21.2. The van der Waals surface area contributed by atoms with Gasteiger partial charge < -0.3 is 15.5 Å². The molecular weight excluding hydrogens is 516 g/mol. The Morgan fingerprint density at radius 1 is 1.20 bits per heavy atom. The third-order valence-corrected chi connectivity index (χ3v) is 9.02. The van der Waals surface area contributed by atoms with E-state index in [1.165, 1.54) is 5.56 Å². The summed E-state index contributed by atoms with van der Waals surface area (Å²) < 4.78 is 0. The second kappa shape index (κ2) is 12.2. The molecule has 1 aliphatic heterocycles. The van der Waals surface area contributed by atoms with E-state index in [1.54, 1.807) is 11.9 Å². The lowest BCUT2D eigenvalue weighted by atomic mass is 9.66. The molecule has 0 bridgehead atoms. The molecule has 0 saturated carbocycles. The molecule has 2 aromatic carbocycles. The highest BCUT2D eigenvalue weighted by molar-refractivity contribution is 5.94. The quantitative estimate of drug-likeness (QED) is 0.370. The molecule has 3 aromatic rings. The Bertz CT molecular complexity index is 1430. The van der Waals surface area contributed by atoms with Gasteiger partial charge in [-0.3, -0.25) is 9.59 Å². The summed E-state index contributed by atoms with van der Waals surface area (Å²) in [5, 5.41) is 31.7. The van der Waals surface area contributed by atoms with Gasteiger partial charge in [0.2, 0.25) is 5.91 Å². The average Bonchev–Trinajstić information content (AvgIpc) is 3.71. The van der Waals surface area contributed by atoms with Crippen LogP contribution in [0.2, 0.25) is 0 Å². The first-order valence-electron chi connectivity index (χ1n) is 14.5. The molecule has 1 aliphatic carbocycles. The van der Waals surface area contributed by atoms with E-state index in [0.717, 1.165) is 48.8 Å². The number of aromatic nitrogens is 4. The van der Waals surface area contributed by atoms with Crippen molar-refractivity contribution in [2.24, 2.45) is 5.92 Å². The van der Waals surface area contributed by atoms with Gasteiger partial charge >= 0.3 is 0 Å². The molecule has 2 aliphatic rings. The lowest BCUT2D eigenvalue weighted by Crippen LogP contribution is -2.48. The fraction of sp³-hybridized carbons (Fsp3) is 0.484. The number of aromatic amines is 1. The van der Waals surface area contributed by atoms with Crippen molar-refractivity contribution < 1.29 is 9.59 Å². The van der Waals surface area contributed by atoms with E-state index in [0.29, 0.717) is 24.4 Å². The van der Waals surface area contributed by atoms with Crippen molar-refractivity contribution in [1.29, 1.82) is 5.26 Å². The second-order valence-electron chi connectivity index (χ2n) is 11.2. The number of carbonyl (C=O) groups is 2. The summed E-state index contributed by atoms with van der Waals surface area (Å²) in [4.78, 5) is 27.5. The molecule has 2 amide bonds. The molecular formula is C31H38N8O2. The maximum Gasteiger partial charge on any atom is 0.251 e. The number of hydrogen-bond donors (Lipinski definition) is 3. The van der Waals surface area contributed by atoms with Gasteiger partial charge in [-0.15, -0.1) is 10.2 Å². The number of H-pyrrole nitrogens is 1. The molecule has 41 heavy (non-hydrogen) atoms. The van der Waals surface area contributed by atoms with Crippen LogP contribution in [-0.2, 0) is 23.1 Å². The first-order valence-corrected chi connectivity index (χ1v) is 14.5. The van der Waals surface area contributed by atoms with Gasteiger partial charge in [0.05, 0.1) is 18.0 Å². The Morgan fingerprint density at radius 3 is 2.71 bits per heavy atom. The van der Waals surface area contributed by atoms with Crippen LogP contribution in [0.4, 0.5) is 0 Å². The summed E-state index contributed by atoms with van der Waals surface area (Å²) in [5.41, 5.74) is 4.26. The van der Waals surface area contributed by atoms with Gasteiger partial charge in [-0.2, -0.15) is 10.5 Å². The van der Waals surface area contributed by atoms with Crippen LogP contribution in [0.15, 0.2) is 42.5 Å². The maximum atomic E-state index is 13.2. The van der Waals surface area contributed by atoms with Crippen LogP contribution >= 0.6 is 0 Å². The number of benzene rings is 2. The number of amides is 2. The Labute approximate surface area is 240 Å². The van der Waals surface area contributed by atoms with E-state index in [9.17, 15) is 14.9 Å². The van der Waals surface area contributed by atoms with Crippen molar-refractivity contribution in [2.75, 3.05) is 20.1 Å². The third-order valence-electron chi connectivity index (χ3n) is 9.02. The lowest BCUT2D eigenvalue weighted by Gasteiger charge is -2.39. The van der Waals surface area contributed by atoms with Gasteiger partial charge in [0.25, 0.3) is 5.91 Å². The largest absolute Gasteiger partial charge is 0.355 e. The number of tetrazole rings is 1. The number of fused-ring (bicyclic) bond motifs is 2. The zero-order valence-electron chi connectivity index (χ0n) is 24.0. The molecule has 1 fully saturated rings. The van der Waals surface area contributed by atoms with Crippen LogP contribution in [-0.4, -0.2) is 69.6 Å². The van der Waals surface area contributed by atoms with Crippen LogP contribution in [0, 0.1) is 17.2 Å². The molecule has 0 radical (unpaired) electrons. The molecule has 0 spiro atoms. The van der Waals surface area contributed by atoms with Crippen LogP contribution in [0.25, 0.3) is 0 Å². The van der Waals surface area contributed by atoms with Crippen LogP contribution in [0.3, 0.4) is 0 Å². The summed E-state index contributed by atoms with van der Waals surface area (Å²) >= 11 is 0. The van der Waals surface area contributed by atoms with Gasteiger partial charge in [0.1, 0.15) is 6.04 Å². The Balaban J connectivity index is 1.61. The molecule has 3 N–H and O–H groups in total. The first kappa shape index (κ1) is 28.4. The molecule has 2 heterocycles. The fourth-order valence-electron chi connectivity index (χ4n) is 6.57. The Hall–Kier alpha value is -4.10. The van der Waals surface area contributed by atoms with Crippen LogP contribution < -0.4 is 10.6 Å². The topological polar surface area (TPSA) is 140 Å². The van der Waals surface area contributed by atoms with Crippen molar-refractivity contribution in [3.8, 4) is 6.07 Å². The van der Waals surface area contributed by atoms with E-state index in [2.05, 4.69) is 69.4 Å². The van der Waals surface area contributed by atoms with E-state index < -0.39 is 5.41 Å². The highest BCUT2D eigenvalue weighted by atomic mass is 16.2. The van der Waals surface area contributed by atoms with Gasteiger partial charge in [-0.05, 0) is 72.4 Å². The number of carbonyl (C=O) groups excluding carboxylic acids is 2. The van der Waals surface area contributed by atoms with Crippen LogP contribution in [0.1, 0.15) is 78.0 Å². The molecule has 1 aromatic heterocycles. The molecule has 214 valence electrons. The average molecular weight is 555 g/mol. The van der Waals surface area contributed by atoms with Gasteiger partial charge in [-0.25, -0.2) is 0 Å². The summed E-state index contributed by atoms with van der Waals surface area (Å²) in [6.07, 6.45) is 4.64. The summed E-state index contributed by atoms with van der Waals surface area (Å²) in [6.45, 7) is 5.12. The third kappa shape index (κ3) is 5.34. The Morgan fingerprint density at radius 2 is 1.98 bits per heavy atom. The molecule has 10 nitrogen and oxygen atoms in total. The number of nitrogens with zero attached hydrogens (tertiary/aromatic N) is 5. The SMILES string of the molecule is CC[C@@H](C)C(CC1(c2nn[nH]n2)c2ccccc2CCc2cc(C(=O)NC)ccc21)NCC(=O)N1CCCC1C#N. The van der Waals surface area contributed by atoms with E-state index in [1.807, 2.05) is 24.3 Å². The van der Waals surface area contributed by atoms with E-state index in [4.69, 9.17) is 0 Å². The maximum absolute atomic E-state index is 13.2. The van der Waals surface area contributed by atoms with Crippen molar-refractivity contribution >= 4 is 11.8 Å². The predicted octanol–water partition coefficient (Wildman–Crippen LogP) is 2.90. The molecule has 1 saturated heterocycles. The summed E-state index contributed by atoms with van der Waals surface area (Å²) in [7, 11) is 1.64. The summed E-state index contributed by atoms with van der Waals surface area (Å²) in [5.74, 6) is 0.607. The molecule has 10 heteroatoms. The monoisotopic (exact) mass is 554 g/mol. The predicted molar refractivity (Wildman–Crippen MR) is 154 cm³/mol. The summed E-state index contributed by atoms with van der Waals surface area (Å²) in [6, 6.07) is 16.1. The number of likely N-dealkylation sites (tertiary alicyclic amines) is 1. The molecule has 4 atom stereocenters. The Kier molecular flexibility index (Phi) is 8.45. The van der Waals surface area contributed by atoms with Crippen LogP contribution in [0.5, 0.6) is 0 Å². The van der Waals surface area contributed by atoms with E-state index in [-0.39, 0.29) is 36.4 Å². The number of nitriles is 1. The zero-order chi connectivity index (χ0) is 29.0. The van der Waals surface area contributed by atoms with Crippen molar-refractivity contribution in [3.05, 3.63) is 76.1 Å². The van der Waals surface area contributed by atoms with Crippen molar-refractivity contribution in [3.63, 3.8) is 0 Å². The smallest absolute Gasteiger partial charge is 0.251 e. The van der Waals surface area contributed by atoms with Crippen molar-refractivity contribution in [1.82, 2.24) is 36.2 Å². The molecule has 5 rings (SSSR count). The number of nitrogens with one attached hydrogen (secondary N) is 3. The fourth-order valence-corrected chi connectivity index (χ4v) is 6.57. The zero-order valence-corrected chi connectivity index (χ0v) is 24.0. The van der Waals surface area contributed by atoms with E-state index >= 15 is 0 Å². The lowest BCUT2D eigenvalue weighted by molar-refractivity contribution is -0.130. The van der Waals surface area contributed by atoms with Crippen molar-refractivity contribution in [2.45, 2.75) is 69.9 Å². The standard InChI is InChI=1S/C31H38N8O2/c1-4-20(2)27(34-19-28(40)39-15-7-9-24(39)18-32)17-31(30-35-37-38-36-30)25-10-6-5-8-21(25)11-12-22-16-23(29(41)33-3)13-14-26(22)31/h5-6,8,10,13-14,16,20,24,27,34H,4,7,9,11-12,15,17,19H2,1-3H3,(H,33,41)(H,35,36,37,38)/t20-,24?,27?,31?/m1/s1. The molecule has 3 unspecified atom stereocenters. The highest BCUT2D eigenvalue weighted by Gasteiger charge is 2.46. The number of aryl methyl sites for hydroxylation is 2. The first-order chi connectivity index (χ1) is 19.9. The number of hydrogen-bond acceptors (Lipinski definition) is 7. The van der Waals surface area contributed by atoms with Gasteiger partial charge in [0, 0.05) is 25.2 Å². The minimum absolute atomic E-state index is 0.0483. The number of rotatable bonds is 9. The van der Waals surface area contributed by atoms with Gasteiger partial charge in [0.15, 0.2) is 5.82 Å². The highest BCUT2D eigenvalue weighted by Crippen LogP contribution is 2.47.